The molecule has 0 aliphatic rings. The van der Waals surface area contributed by atoms with Crippen LogP contribution in [0, 0.1) is 12.7 Å². The Bertz CT molecular complexity index is 1530. The van der Waals surface area contributed by atoms with Gasteiger partial charge in [0, 0.05) is 16.6 Å². The number of hydrogen-bond acceptors (Lipinski definition) is 7. The van der Waals surface area contributed by atoms with Crippen LogP contribution in [0.4, 0.5) is 20.6 Å². The number of anilines is 2. The minimum Gasteiger partial charge on any atom is -0.480 e. The molecule has 0 saturated carbocycles. The van der Waals surface area contributed by atoms with E-state index in [-0.39, 0.29) is 21.1 Å². The van der Waals surface area contributed by atoms with Gasteiger partial charge in [-0.3, -0.25) is 9.62 Å². The van der Waals surface area contributed by atoms with Gasteiger partial charge in [0.05, 0.1) is 10.6 Å². The zero-order valence-electron chi connectivity index (χ0n) is 17.9. The molecule has 3 aromatic rings. The van der Waals surface area contributed by atoms with Gasteiger partial charge in [0.2, 0.25) is 0 Å². The summed E-state index contributed by atoms with van der Waals surface area (Å²) in [4.78, 5) is 22.8. The van der Waals surface area contributed by atoms with Crippen molar-refractivity contribution in [2.45, 2.75) is 29.0 Å². The molecule has 0 unspecified atom stereocenters. The van der Waals surface area contributed by atoms with Gasteiger partial charge >= 0.3 is 12.1 Å². The van der Waals surface area contributed by atoms with Crippen molar-refractivity contribution < 1.29 is 41.0 Å². The summed E-state index contributed by atoms with van der Waals surface area (Å²) in [7, 11) is -8.42. The van der Waals surface area contributed by atoms with Gasteiger partial charge in [-0.25, -0.2) is 30.8 Å². The molecule has 0 saturated heterocycles. The number of halogens is 1. The normalized spacial score (nSPS) is 12.9. The Kier molecular flexibility index (Phi) is 6.61. The second kappa shape index (κ2) is 8.85. The highest BCUT2D eigenvalue weighted by Gasteiger charge is 2.30. The summed E-state index contributed by atoms with van der Waals surface area (Å²) in [5.41, 5.74) is -0.362. The molecular formula is C20H19FN2O8S3. The van der Waals surface area contributed by atoms with Gasteiger partial charge in [-0.15, -0.1) is 11.3 Å². The zero-order valence-corrected chi connectivity index (χ0v) is 20.4. The number of amides is 1. The number of carboxylic acid groups (broad SMARTS) is 2. The smallest absolute Gasteiger partial charge is 0.412 e. The summed E-state index contributed by atoms with van der Waals surface area (Å²) in [6.45, 7) is 2.59. The van der Waals surface area contributed by atoms with Gasteiger partial charge < -0.3 is 10.2 Å². The van der Waals surface area contributed by atoms with Crippen LogP contribution < -0.4 is 9.62 Å². The number of fused-ring (bicyclic) bond motifs is 1. The summed E-state index contributed by atoms with van der Waals surface area (Å²) in [5, 5.41) is 19.0. The largest absolute Gasteiger partial charge is 0.480 e. The van der Waals surface area contributed by atoms with Gasteiger partial charge in [0.15, 0.2) is 9.84 Å². The number of rotatable bonds is 7. The van der Waals surface area contributed by atoms with Gasteiger partial charge in [-0.1, -0.05) is 0 Å². The van der Waals surface area contributed by atoms with Crippen molar-refractivity contribution in [1.29, 1.82) is 0 Å². The highest BCUT2D eigenvalue weighted by Crippen LogP contribution is 2.37. The van der Waals surface area contributed by atoms with Crippen LogP contribution in [0.3, 0.4) is 0 Å². The number of carboxylic acids is 1. The number of aliphatic carboxylic acids is 1. The maximum atomic E-state index is 13.6. The summed E-state index contributed by atoms with van der Waals surface area (Å²) in [5.74, 6) is -2.01. The average Bonchev–Trinajstić information content (AvgIpc) is 3.04. The third kappa shape index (κ3) is 4.83. The Morgan fingerprint density at radius 3 is 2.29 bits per heavy atom. The topological polar surface area (TPSA) is 158 Å². The standard InChI is InChI=1S/C20H19FN2O8S3/c1-10-14-8-12(21)4-7-16(14)32-19(10)34(30,31)22-15-6-5-13(9-17(15)33(3,28)29)23(20(26)27)11(2)18(24)25/h4-9,11,22H,1-3H3,(H,24,25)(H,26,27)/t11-/m0/s1. The number of sulfonamides is 1. The molecule has 10 nitrogen and oxygen atoms in total. The van der Waals surface area contributed by atoms with Crippen LogP contribution in [-0.2, 0) is 24.7 Å². The molecule has 1 amide bonds. The van der Waals surface area contributed by atoms with Crippen LogP contribution in [0.5, 0.6) is 0 Å². The predicted octanol–water partition coefficient (Wildman–Crippen LogP) is 3.51. The first kappa shape index (κ1) is 25.4. The number of carbonyl (C=O) groups is 2. The second-order valence-corrected chi connectivity index (χ2v) is 12.3. The molecule has 182 valence electrons. The number of hydrogen-bond donors (Lipinski definition) is 3. The number of benzene rings is 2. The maximum absolute atomic E-state index is 13.6. The molecule has 3 N–H and O–H groups in total. The van der Waals surface area contributed by atoms with E-state index in [1.54, 1.807) is 0 Å². The summed E-state index contributed by atoms with van der Waals surface area (Å²) < 4.78 is 67.2. The fraction of sp³-hybridized carbons (Fsp3) is 0.200. The third-order valence-corrected chi connectivity index (χ3v) is 9.33. The first-order valence-corrected chi connectivity index (χ1v) is 13.6. The number of thiophene rings is 1. The molecule has 1 heterocycles. The van der Waals surface area contributed by atoms with E-state index in [9.17, 15) is 41.0 Å². The molecule has 1 atom stereocenters. The van der Waals surface area contributed by atoms with Crippen LogP contribution in [0.15, 0.2) is 45.5 Å². The van der Waals surface area contributed by atoms with Crippen LogP contribution in [0.1, 0.15) is 12.5 Å². The first-order valence-electron chi connectivity index (χ1n) is 9.44. The van der Waals surface area contributed by atoms with Crippen molar-refractivity contribution in [3.63, 3.8) is 0 Å². The van der Waals surface area contributed by atoms with E-state index in [0.29, 0.717) is 15.0 Å². The lowest BCUT2D eigenvalue weighted by atomic mass is 10.2. The van der Waals surface area contributed by atoms with Crippen LogP contribution in [-0.4, -0.2) is 51.4 Å². The molecule has 14 heteroatoms. The lowest BCUT2D eigenvalue weighted by molar-refractivity contribution is -0.138. The summed E-state index contributed by atoms with van der Waals surface area (Å²) in [6, 6.07) is 5.28. The van der Waals surface area contributed by atoms with Gasteiger partial charge in [-0.05, 0) is 61.2 Å². The van der Waals surface area contributed by atoms with Crippen LogP contribution >= 0.6 is 11.3 Å². The molecule has 0 bridgehead atoms. The Morgan fingerprint density at radius 2 is 1.74 bits per heavy atom. The Balaban J connectivity index is 2.12. The first-order chi connectivity index (χ1) is 15.6. The Labute approximate surface area is 198 Å². The van der Waals surface area contributed by atoms with Crippen molar-refractivity contribution in [3.8, 4) is 0 Å². The van der Waals surface area contributed by atoms with Gasteiger partial charge in [0.25, 0.3) is 10.0 Å². The average molecular weight is 531 g/mol. The molecular weight excluding hydrogens is 511 g/mol. The fourth-order valence-electron chi connectivity index (χ4n) is 3.28. The third-order valence-electron chi connectivity index (χ3n) is 4.94. The van der Waals surface area contributed by atoms with E-state index in [1.807, 2.05) is 0 Å². The van der Waals surface area contributed by atoms with Crippen LogP contribution in [0.2, 0.25) is 0 Å². The lowest BCUT2D eigenvalue weighted by Gasteiger charge is -2.24. The molecule has 0 fully saturated rings. The molecule has 0 spiro atoms. The molecule has 34 heavy (non-hydrogen) atoms. The SMILES string of the molecule is Cc1c(S(=O)(=O)Nc2ccc(N(C(=O)O)[C@@H](C)C(=O)O)cc2S(C)(=O)=O)sc2ccc(F)cc12. The highest BCUT2D eigenvalue weighted by atomic mass is 32.2. The molecule has 0 aliphatic carbocycles. The van der Waals surface area contributed by atoms with Gasteiger partial charge in [-0.2, -0.15) is 0 Å². The number of aryl methyl sites for hydroxylation is 1. The summed E-state index contributed by atoms with van der Waals surface area (Å²) >= 11 is 0.873. The van der Waals surface area contributed by atoms with E-state index >= 15 is 0 Å². The summed E-state index contributed by atoms with van der Waals surface area (Å²) in [6.07, 6.45) is -0.848. The van der Waals surface area contributed by atoms with Crippen molar-refractivity contribution in [3.05, 3.63) is 47.8 Å². The number of nitrogens with one attached hydrogen (secondary N) is 1. The molecule has 3 rings (SSSR count). The maximum Gasteiger partial charge on any atom is 0.412 e. The predicted molar refractivity (Wildman–Crippen MR) is 124 cm³/mol. The van der Waals surface area contributed by atoms with E-state index in [0.717, 1.165) is 42.7 Å². The van der Waals surface area contributed by atoms with E-state index < -0.39 is 48.7 Å². The van der Waals surface area contributed by atoms with Gasteiger partial charge in [0.1, 0.15) is 16.1 Å². The second-order valence-electron chi connectivity index (χ2n) is 7.38. The molecule has 0 aliphatic heterocycles. The van der Waals surface area contributed by atoms with Crippen LogP contribution in [0.25, 0.3) is 10.1 Å². The monoisotopic (exact) mass is 530 g/mol. The number of nitrogens with zero attached hydrogens (tertiary/aromatic N) is 1. The minimum absolute atomic E-state index is 0.150. The molecule has 0 radical (unpaired) electrons. The van der Waals surface area contributed by atoms with E-state index in [2.05, 4.69) is 4.72 Å². The Hall–Kier alpha value is -3.23. The lowest BCUT2D eigenvalue weighted by Crippen LogP contribution is -2.42. The fourth-order valence-corrected chi connectivity index (χ4v) is 7.03. The quantitative estimate of drug-likeness (QED) is 0.419. The van der Waals surface area contributed by atoms with E-state index in [1.165, 1.54) is 25.1 Å². The number of sulfone groups is 1. The molecule has 2 aromatic carbocycles. The van der Waals surface area contributed by atoms with Crippen molar-refractivity contribution in [1.82, 2.24) is 0 Å². The van der Waals surface area contributed by atoms with E-state index in [4.69, 9.17) is 0 Å². The van der Waals surface area contributed by atoms with Crippen molar-refractivity contribution in [2.24, 2.45) is 0 Å². The highest BCUT2D eigenvalue weighted by molar-refractivity contribution is 7.95. The Morgan fingerprint density at radius 1 is 1.09 bits per heavy atom. The zero-order chi connectivity index (χ0) is 25.6. The van der Waals surface area contributed by atoms with Crippen molar-refractivity contribution >= 4 is 64.7 Å². The minimum atomic E-state index is -4.32. The van der Waals surface area contributed by atoms with Crippen molar-refractivity contribution in [2.75, 3.05) is 15.9 Å². The molecule has 1 aromatic heterocycles.